The molecule has 9 nitrogen and oxygen atoms in total. The molecule has 2 aromatic rings. The summed E-state index contributed by atoms with van der Waals surface area (Å²) in [6, 6.07) is 13.0. The van der Waals surface area contributed by atoms with Gasteiger partial charge in [-0.3, -0.25) is 4.79 Å². The van der Waals surface area contributed by atoms with Crippen molar-refractivity contribution >= 4 is 26.0 Å². The van der Waals surface area contributed by atoms with Gasteiger partial charge >= 0.3 is 0 Å². The highest BCUT2D eigenvalue weighted by Gasteiger charge is 2.33. The zero-order valence-corrected chi connectivity index (χ0v) is 22.1. The minimum absolute atomic E-state index is 0.149. The third kappa shape index (κ3) is 6.08. The summed E-state index contributed by atoms with van der Waals surface area (Å²) in [4.78, 5) is 13.2. The smallest absolute Gasteiger partial charge is 0.243 e. The van der Waals surface area contributed by atoms with E-state index in [0.717, 1.165) is 18.4 Å². The van der Waals surface area contributed by atoms with Crippen LogP contribution in [0.15, 0.2) is 58.3 Å². The van der Waals surface area contributed by atoms with Crippen molar-refractivity contribution in [1.82, 2.24) is 13.9 Å². The first-order chi connectivity index (χ1) is 17.2. The fraction of sp³-hybridized carbons (Fsp3) is 0.480. The molecule has 0 aliphatic carbocycles. The van der Waals surface area contributed by atoms with Crippen LogP contribution in [0.3, 0.4) is 0 Å². The topological polar surface area (TPSA) is 113 Å². The van der Waals surface area contributed by atoms with Crippen LogP contribution in [0.5, 0.6) is 5.75 Å². The molecule has 4 rings (SSSR count). The van der Waals surface area contributed by atoms with Crippen molar-refractivity contribution in [3.05, 3.63) is 54.1 Å². The van der Waals surface area contributed by atoms with Crippen LogP contribution in [-0.4, -0.2) is 70.7 Å². The average Bonchev–Trinajstić information content (AvgIpc) is 3.43. The number of hydrogen-bond donors (Lipinski definition) is 1. The van der Waals surface area contributed by atoms with E-state index in [2.05, 4.69) is 5.32 Å². The molecule has 0 radical (unpaired) electrons. The van der Waals surface area contributed by atoms with Crippen LogP contribution < -0.4 is 10.1 Å². The molecular formula is C25H33N3O6S2. The maximum Gasteiger partial charge on any atom is 0.243 e. The quantitative estimate of drug-likeness (QED) is 0.494. The molecule has 2 heterocycles. The maximum absolute atomic E-state index is 13.0. The number of benzene rings is 2. The Labute approximate surface area is 213 Å². The first-order valence-corrected chi connectivity index (χ1v) is 15.1. The number of piperidine rings is 1. The molecule has 2 saturated heterocycles. The van der Waals surface area contributed by atoms with Crippen molar-refractivity contribution in [2.24, 2.45) is 5.92 Å². The molecule has 11 heteroatoms. The molecule has 2 aliphatic rings. The van der Waals surface area contributed by atoms with Crippen molar-refractivity contribution in [2.45, 2.75) is 42.4 Å². The molecule has 1 amide bonds. The Bertz CT molecular complexity index is 1260. The molecule has 2 aromatic carbocycles. The summed E-state index contributed by atoms with van der Waals surface area (Å²) in [6.45, 7) is 4.02. The van der Waals surface area contributed by atoms with E-state index in [9.17, 15) is 21.6 Å². The van der Waals surface area contributed by atoms with Crippen molar-refractivity contribution in [1.29, 1.82) is 0 Å². The van der Waals surface area contributed by atoms with E-state index in [-0.39, 0.29) is 35.4 Å². The van der Waals surface area contributed by atoms with Gasteiger partial charge in [0.25, 0.3) is 0 Å². The predicted molar refractivity (Wildman–Crippen MR) is 136 cm³/mol. The molecule has 2 aliphatic heterocycles. The van der Waals surface area contributed by atoms with Gasteiger partial charge in [-0.15, -0.1) is 0 Å². The summed E-state index contributed by atoms with van der Waals surface area (Å²) < 4.78 is 59.7. The van der Waals surface area contributed by atoms with Crippen LogP contribution in [0, 0.1) is 12.8 Å². The minimum Gasteiger partial charge on any atom is -0.492 e. The third-order valence-corrected chi connectivity index (χ3v) is 10.4. The standard InChI is InChI=1S/C25H33N3O6S2/c1-20-6-10-23(11-7-20)36(32,33)28-17-4-5-21(19-28)25(29)26-14-18-34-22-8-12-24(13-9-22)35(30,31)27-15-2-3-16-27/h6-13,21H,2-5,14-19H2,1H3,(H,26,29)/t21-/m0/s1. The number of rotatable bonds is 9. The van der Waals surface area contributed by atoms with E-state index < -0.39 is 26.0 Å². The van der Waals surface area contributed by atoms with Crippen LogP contribution in [0.4, 0.5) is 0 Å². The number of aryl methyl sites for hydroxylation is 1. The van der Waals surface area contributed by atoms with Gasteiger partial charge in [-0.2, -0.15) is 8.61 Å². The lowest BCUT2D eigenvalue weighted by molar-refractivity contribution is -0.126. The van der Waals surface area contributed by atoms with E-state index >= 15 is 0 Å². The fourth-order valence-corrected chi connectivity index (χ4v) is 7.55. The third-order valence-electron chi connectivity index (χ3n) is 6.61. The first kappa shape index (κ1) is 26.6. The molecule has 196 valence electrons. The first-order valence-electron chi connectivity index (χ1n) is 12.3. The number of amides is 1. The summed E-state index contributed by atoms with van der Waals surface area (Å²) in [6.07, 6.45) is 3.01. The van der Waals surface area contributed by atoms with E-state index in [1.165, 1.54) is 20.7 Å². The van der Waals surface area contributed by atoms with Crippen LogP contribution in [-0.2, 0) is 24.8 Å². The molecule has 1 N–H and O–H groups in total. The molecular weight excluding hydrogens is 502 g/mol. The second-order valence-electron chi connectivity index (χ2n) is 9.24. The zero-order valence-electron chi connectivity index (χ0n) is 20.4. The summed E-state index contributed by atoms with van der Waals surface area (Å²) in [5, 5.41) is 2.83. The van der Waals surface area contributed by atoms with Gasteiger partial charge in [-0.1, -0.05) is 17.7 Å². The molecule has 0 bridgehead atoms. The Hall–Kier alpha value is -2.47. The lowest BCUT2D eigenvalue weighted by Crippen LogP contribution is -2.45. The summed E-state index contributed by atoms with van der Waals surface area (Å²) >= 11 is 0. The highest BCUT2D eigenvalue weighted by Crippen LogP contribution is 2.25. The molecule has 0 aromatic heterocycles. The average molecular weight is 536 g/mol. The van der Waals surface area contributed by atoms with Gasteiger partial charge in [-0.05, 0) is 69.0 Å². The lowest BCUT2D eigenvalue weighted by Gasteiger charge is -2.31. The lowest BCUT2D eigenvalue weighted by atomic mass is 9.99. The highest BCUT2D eigenvalue weighted by molar-refractivity contribution is 7.89. The summed E-state index contributed by atoms with van der Waals surface area (Å²) in [5.74, 6) is -0.110. The number of hydrogen-bond acceptors (Lipinski definition) is 6. The van der Waals surface area contributed by atoms with Crippen molar-refractivity contribution in [3.63, 3.8) is 0 Å². The van der Waals surface area contributed by atoms with Crippen molar-refractivity contribution in [3.8, 4) is 5.75 Å². The zero-order chi connectivity index (χ0) is 25.8. The van der Waals surface area contributed by atoms with Crippen LogP contribution >= 0.6 is 0 Å². The van der Waals surface area contributed by atoms with Gasteiger partial charge in [0.2, 0.25) is 26.0 Å². The minimum atomic E-state index is -3.64. The second-order valence-corrected chi connectivity index (χ2v) is 13.1. The Morgan fingerprint density at radius 3 is 2.06 bits per heavy atom. The predicted octanol–water partition coefficient (Wildman–Crippen LogP) is 2.38. The summed E-state index contributed by atoms with van der Waals surface area (Å²) in [5.41, 5.74) is 0.982. The Kier molecular flexibility index (Phi) is 8.34. The van der Waals surface area contributed by atoms with Crippen molar-refractivity contribution in [2.75, 3.05) is 39.3 Å². The molecule has 36 heavy (non-hydrogen) atoms. The highest BCUT2D eigenvalue weighted by atomic mass is 32.2. The van der Waals surface area contributed by atoms with Crippen LogP contribution in [0.1, 0.15) is 31.2 Å². The number of ether oxygens (including phenoxy) is 1. The normalized spacial score (nSPS) is 19.8. The monoisotopic (exact) mass is 535 g/mol. The van der Waals surface area contributed by atoms with Crippen LogP contribution in [0.25, 0.3) is 0 Å². The molecule has 2 fully saturated rings. The van der Waals surface area contributed by atoms with Gasteiger partial charge in [0.05, 0.1) is 22.3 Å². The number of nitrogens with one attached hydrogen (secondary N) is 1. The number of nitrogens with zero attached hydrogens (tertiary/aromatic N) is 2. The number of sulfonamides is 2. The number of carbonyl (C=O) groups excluding carboxylic acids is 1. The maximum atomic E-state index is 13.0. The van der Waals surface area contributed by atoms with Gasteiger partial charge < -0.3 is 10.1 Å². The van der Waals surface area contributed by atoms with E-state index in [1.54, 1.807) is 36.4 Å². The number of carbonyl (C=O) groups is 1. The summed E-state index contributed by atoms with van der Waals surface area (Å²) in [7, 11) is -7.11. The van der Waals surface area contributed by atoms with Crippen LogP contribution in [0.2, 0.25) is 0 Å². The van der Waals surface area contributed by atoms with Crippen molar-refractivity contribution < 1.29 is 26.4 Å². The second kappa shape index (κ2) is 11.3. The van der Waals surface area contributed by atoms with Gasteiger partial charge in [-0.25, -0.2) is 16.8 Å². The van der Waals surface area contributed by atoms with Gasteiger partial charge in [0.15, 0.2) is 0 Å². The van der Waals surface area contributed by atoms with Gasteiger partial charge in [0, 0.05) is 26.2 Å². The Morgan fingerprint density at radius 2 is 1.42 bits per heavy atom. The Morgan fingerprint density at radius 1 is 0.861 bits per heavy atom. The van der Waals surface area contributed by atoms with E-state index in [4.69, 9.17) is 4.74 Å². The largest absolute Gasteiger partial charge is 0.492 e. The van der Waals surface area contributed by atoms with E-state index in [0.29, 0.717) is 38.2 Å². The fourth-order valence-electron chi connectivity index (χ4n) is 4.51. The Balaban J connectivity index is 1.24. The molecule has 1 atom stereocenters. The molecule has 0 spiro atoms. The van der Waals surface area contributed by atoms with E-state index in [1.807, 2.05) is 6.92 Å². The van der Waals surface area contributed by atoms with Gasteiger partial charge in [0.1, 0.15) is 12.4 Å². The molecule has 0 unspecified atom stereocenters. The molecule has 0 saturated carbocycles. The SMILES string of the molecule is Cc1ccc(S(=O)(=O)N2CCC[C@H](C(=O)NCCOc3ccc(S(=O)(=O)N4CCCC4)cc3)C2)cc1.